The molecule has 2 fully saturated rings. The summed E-state index contributed by atoms with van der Waals surface area (Å²) >= 11 is 0. The van der Waals surface area contributed by atoms with Crippen molar-refractivity contribution in [3.05, 3.63) is 108 Å². The van der Waals surface area contributed by atoms with Crippen LogP contribution in [0.5, 0.6) is 11.5 Å². The number of epoxide rings is 2. The summed E-state index contributed by atoms with van der Waals surface area (Å²) in [5.41, 5.74) is 7.20. The first-order valence-corrected chi connectivity index (χ1v) is 11.6. The Kier molecular flexibility index (Phi) is 5.43. The first-order chi connectivity index (χ1) is 16.3. The van der Waals surface area contributed by atoms with Gasteiger partial charge in [0.25, 0.3) is 0 Å². The minimum atomic E-state index is 0.271. The van der Waals surface area contributed by atoms with Gasteiger partial charge in [0.1, 0.15) is 11.5 Å². The van der Waals surface area contributed by atoms with Crippen LogP contribution in [0.4, 0.5) is 0 Å². The van der Waals surface area contributed by atoms with Crippen molar-refractivity contribution in [1.82, 2.24) is 0 Å². The van der Waals surface area contributed by atoms with Crippen LogP contribution in [-0.4, -0.2) is 25.4 Å². The second kappa shape index (κ2) is 8.86. The lowest BCUT2D eigenvalue weighted by Crippen LogP contribution is -2.03. The van der Waals surface area contributed by atoms with Crippen LogP contribution in [0.25, 0.3) is 22.3 Å². The zero-order chi connectivity index (χ0) is 22.0. The number of rotatable bonds is 8. The molecular formula is C30H26O3. The molecule has 3 nitrogen and oxygen atoms in total. The summed E-state index contributed by atoms with van der Waals surface area (Å²) in [6.07, 6.45) is 2.24. The second-order valence-electron chi connectivity index (χ2n) is 8.72. The molecule has 3 heteroatoms. The van der Waals surface area contributed by atoms with Gasteiger partial charge in [-0.15, -0.1) is 0 Å². The molecule has 0 amide bonds. The average Bonchev–Trinajstić information content (AvgIpc) is 3.79. The molecule has 2 aliphatic heterocycles. The molecule has 4 aromatic rings. The molecule has 0 saturated carbocycles. The first kappa shape index (κ1) is 20.2. The van der Waals surface area contributed by atoms with Crippen LogP contribution in [0.15, 0.2) is 97.1 Å². The van der Waals surface area contributed by atoms with E-state index in [0.29, 0.717) is 0 Å². The lowest BCUT2D eigenvalue weighted by molar-refractivity contribution is 0.399. The molecule has 2 heterocycles. The SMILES string of the molecule is c1ccc(-c2cccc(Oc3cccc(-c4ccccc4)c3CC3CO3)c2CC2CO2)cc1. The largest absolute Gasteiger partial charge is 0.457 e. The van der Waals surface area contributed by atoms with E-state index in [-0.39, 0.29) is 12.2 Å². The van der Waals surface area contributed by atoms with E-state index < -0.39 is 0 Å². The quantitative estimate of drug-likeness (QED) is 0.290. The standard InChI is InChI=1S/C30H26O3/c1-3-9-21(10-4-1)25-13-7-15-29(27(25)17-23-19-31-23)33-30-16-8-14-26(22-11-5-2-6-12-22)28(30)18-24-20-32-24/h1-16,23-24H,17-20H2. The highest BCUT2D eigenvalue weighted by atomic mass is 16.6. The molecule has 0 bridgehead atoms. The fourth-order valence-corrected chi connectivity index (χ4v) is 4.47. The zero-order valence-corrected chi connectivity index (χ0v) is 18.4. The van der Waals surface area contributed by atoms with Crippen LogP contribution >= 0.6 is 0 Å². The van der Waals surface area contributed by atoms with Crippen LogP contribution in [0.3, 0.4) is 0 Å². The second-order valence-corrected chi connectivity index (χ2v) is 8.72. The summed E-state index contributed by atoms with van der Waals surface area (Å²) in [5.74, 6) is 1.80. The van der Waals surface area contributed by atoms with E-state index in [9.17, 15) is 0 Å². The van der Waals surface area contributed by atoms with Crippen molar-refractivity contribution < 1.29 is 14.2 Å². The Labute approximate surface area is 194 Å². The molecule has 0 spiro atoms. The van der Waals surface area contributed by atoms with Crippen LogP contribution in [-0.2, 0) is 22.3 Å². The first-order valence-electron chi connectivity index (χ1n) is 11.6. The van der Waals surface area contributed by atoms with Crippen LogP contribution in [0.1, 0.15) is 11.1 Å². The van der Waals surface area contributed by atoms with Gasteiger partial charge in [0.15, 0.2) is 0 Å². The van der Waals surface area contributed by atoms with Crippen molar-refractivity contribution in [2.45, 2.75) is 25.0 Å². The summed E-state index contributed by atoms with van der Waals surface area (Å²) in [7, 11) is 0. The molecule has 2 saturated heterocycles. The summed E-state index contributed by atoms with van der Waals surface area (Å²) in [6.45, 7) is 1.63. The monoisotopic (exact) mass is 434 g/mol. The van der Waals surface area contributed by atoms with Gasteiger partial charge in [0.2, 0.25) is 0 Å². The number of ether oxygens (including phenoxy) is 3. The van der Waals surface area contributed by atoms with Gasteiger partial charge in [-0.1, -0.05) is 84.9 Å². The number of hydrogen-bond acceptors (Lipinski definition) is 3. The molecule has 0 N–H and O–H groups in total. The maximum absolute atomic E-state index is 6.71. The third kappa shape index (κ3) is 4.56. The van der Waals surface area contributed by atoms with Gasteiger partial charge in [0.05, 0.1) is 25.4 Å². The van der Waals surface area contributed by atoms with E-state index >= 15 is 0 Å². The zero-order valence-electron chi connectivity index (χ0n) is 18.4. The predicted molar refractivity (Wildman–Crippen MR) is 131 cm³/mol. The van der Waals surface area contributed by atoms with Gasteiger partial charge in [-0.05, 0) is 34.4 Å². The van der Waals surface area contributed by atoms with E-state index in [1.54, 1.807) is 0 Å². The minimum Gasteiger partial charge on any atom is -0.457 e. The molecule has 4 aromatic carbocycles. The molecule has 0 aliphatic carbocycles. The highest BCUT2D eigenvalue weighted by Crippen LogP contribution is 2.40. The van der Waals surface area contributed by atoms with Crippen molar-refractivity contribution in [2.24, 2.45) is 0 Å². The molecule has 2 aliphatic rings. The minimum absolute atomic E-state index is 0.271. The Morgan fingerprint density at radius 1 is 0.545 bits per heavy atom. The smallest absolute Gasteiger partial charge is 0.131 e. The van der Waals surface area contributed by atoms with Gasteiger partial charge < -0.3 is 14.2 Å². The predicted octanol–water partition coefficient (Wildman–Crippen LogP) is 6.70. The number of benzene rings is 4. The Bertz CT molecular complexity index is 1140. The third-order valence-corrected chi connectivity index (χ3v) is 6.32. The molecule has 164 valence electrons. The van der Waals surface area contributed by atoms with Crippen LogP contribution in [0, 0.1) is 0 Å². The maximum atomic E-state index is 6.71. The van der Waals surface area contributed by atoms with Crippen molar-refractivity contribution >= 4 is 0 Å². The topological polar surface area (TPSA) is 34.3 Å². The normalized spacial score (nSPS) is 18.7. The van der Waals surface area contributed by atoms with Gasteiger partial charge in [-0.25, -0.2) is 0 Å². The van der Waals surface area contributed by atoms with Crippen LogP contribution in [0.2, 0.25) is 0 Å². The van der Waals surface area contributed by atoms with E-state index in [2.05, 4.69) is 97.1 Å². The van der Waals surface area contributed by atoms with E-state index in [4.69, 9.17) is 14.2 Å². The van der Waals surface area contributed by atoms with Gasteiger partial charge in [-0.3, -0.25) is 0 Å². The van der Waals surface area contributed by atoms with Crippen molar-refractivity contribution in [3.8, 4) is 33.8 Å². The Morgan fingerprint density at radius 2 is 0.970 bits per heavy atom. The summed E-state index contributed by atoms with van der Waals surface area (Å²) < 4.78 is 17.9. The highest BCUT2D eigenvalue weighted by molar-refractivity contribution is 5.72. The van der Waals surface area contributed by atoms with Crippen molar-refractivity contribution in [3.63, 3.8) is 0 Å². The van der Waals surface area contributed by atoms with Gasteiger partial charge >= 0.3 is 0 Å². The molecule has 0 radical (unpaired) electrons. The maximum Gasteiger partial charge on any atom is 0.131 e. The average molecular weight is 435 g/mol. The summed E-state index contributed by atoms with van der Waals surface area (Å²) in [4.78, 5) is 0. The van der Waals surface area contributed by atoms with Crippen molar-refractivity contribution in [1.29, 1.82) is 0 Å². The third-order valence-electron chi connectivity index (χ3n) is 6.32. The van der Waals surface area contributed by atoms with E-state index in [1.807, 2.05) is 0 Å². The Morgan fingerprint density at radius 3 is 1.36 bits per heavy atom. The fourth-order valence-electron chi connectivity index (χ4n) is 4.47. The molecule has 2 unspecified atom stereocenters. The lowest BCUT2D eigenvalue weighted by atomic mass is 9.94. The van der Waals surface area contributed by atoms with Crippen molar-refractivity contribution in [2.75, 3.05) is 13.2 Å². The molecule has 2 atom stereocenters. The van der Waals surface area contributed by atoms with Crippen LogP contribution < -0.4 is 4.74 Å². The Hall–Kier alpha value is -3.40. The highest BCUT2D eigenvalue weighted by Gasteiger charge is 2.28. The molecule has 6 rings (SSSR count). The lowest BCUT2D eigenvalue weighted by Gasteiger charge is -2.19. The summed E-state index contributed by atoms with van der Waals surface area (Å²) in [5, 5.41) is 0. The number of hydrogen-bond donors (Lipinski definition) is 0. The molecule has 33 heavy (non-hydrogen) atoms. The van der Waals surface area contributed by atoms with E-state index in [1.165, 1.54) is 33.4 Å². The van der Waals surface area contributed by atoms with E-state index in [0.717, 1.165) is 37.6 Å². The molecule has 0 aromatic heterocycles. The Balaban J connectivity index is 1.43. The van der Waals surface area contributed by atoms with Gasteiger partial charge in [-0.2, -0.15) is 0 Å². The van der Waals surface area contributed by atoms with Gasteiger partial charge in [0, 0.05) is 24.0 Å². The fraction of sp³-hybridized carbons (Fsp3) is 0.200. The molecular weight excluding hydrogens is 408 g/mol. The summed E-state index contributed by atoms with van der Waals surface area (Å²) in [6, 6.07) is 33.7.